The van der Waals surface area contributed by atoms with E-state index in [1.807, 2.05) is 32.0 Å². The molecule has 0 aromatic heterocycles. The monoisotopic (exact) mass is 364 g/mol. The number of benzene rings is 2. The lowest BCUT2D eigenvalue weighted by Gasteiger charge is -2.15. The molecule has 0 radical (unpaired) electrons. The summed E-state index contributed by atoms with van der Waals surface area (Å²) in [5.41, 5.74) is 3.90. The highest BCUT2D eigenvalue weighted by Gasteiger charge is 2.64. The van der Waals surface area contributed by atoms with Crippen LogP contribution in [0, 0.1) is 17.3 Å². The normalized spacial score (nSPS) is 27.0. The number of carbonyl (C=O) groups excluding carboxylic acids is 1. The molecule has 4 nitrogen and oxygen atoms in total. The Morgan fingerprint density at radius 2 is 2.07 bits per heavy atom. The van der Waals surface area contributed by atoms with Gasteiger partial charge >= 0.3 is 0 Å². The first-order valence-corrected chi connectivity index (χ1v) is 10.0. The summed E-state index contributed by atoms with van der Waals surface area (Å²) in [4.78, 5) is 12.6. The van der Waals surface area contributed by atoms with Crippen LogP contribution in [-0.2, 0) is 4.79 Å². The number of hydrazone groups is 1. The van der Waals surface area contributed by atoms with Crippen LogP contribution >= 0.6 is 0 Å². The molecule has 2 fully saturated rings. The van der Waals surface area contributed by atoms with E-state index in [4.69, 9.17) is 4.74 Å². The maximum Gasteiger partial charge on any atom is 0.244 e. The average Bonchev–Trinajstić information content (AvgIpc) is 3.28. The Morgan fingerprint density at radius 3 is 2.81 bits per heavy atom. The number of nitrogens with one attached hydrogen (secondary N) is 1. The van der Waals surface area contributed by atoms with Crippen molar-refractivity contribution >= 4 is 22.9 Å². The van der Waals surface area contributed by atoms with Crippen LogP contribution in [0.5, 0.6) is 5.75 Å². The van der Waals surface area contributed by atoms with Crippen molar-refractivity contribution in [3.63, 3.8) is 0 Å². The van der Waals surface area contributed by atoms with Crippen molar-refractivity contribution in [1.29, 1.82) is 0 Å². The summed E-state index contributed by atoms with van der Waals surface area (Å²) in [7, 11) is 0. The van der Waals surface area contributed by atoms with Gasteiger partial charge in [0.25, 0.3) is 0 Å². The first kappa shape index (κ1) is 18.0. The molecule has 2 aliphatic carbocycles. The van der Waals surface area contributed by atoms with Crippen molar-refractivity contribution < 1.29 is 9.53 Å². The van der Waals surface area contributed by atoms with Crippen LogP contribution in [0.25, 0.3) is 10.8 Å². The van der Waals surface area contributed by atoms with Crippen LogP contribution in [-0.4, -0.2) is 18.2 Å². The van der Waals surface area contributed by atoms with Crippen molar-refractivity contribution in [2.24, 2.45) is 22.4 Å². The Kier molecular flexibility index (Phi) is 4.67. The third-order valence-electron chi connectivity index (χ3n) is 6.28. The second kappa shape index (κ2) is 6.99. The quantitative estimate of drug-likeness (QED) is 0.606. The zero-order valence-electron chi connectivity index (χ0n) is 16.4. The number of nitrogens with zero attached hydrogens (tertiary/aromatic N) is 1. The molecule has 2 aliphatic rings. The zero-order valence-corrected chi connectivity index (χ0v) is 16.4. The average molecular weight is 364 g/mol. The minimum atomic E-state index is 0.0622. The fraction of sp³-hybridized carbons (Fsp3) is 0.478. The molecule has 0 unspecified atom stereocenters. The van der Waals surface area contributed by atoms with Gasteiger partial charge in [-0.25, -0.2) is 5.43 Å². The molecule has 4 rings (SSSR count). The molecule has 27 heavy (non-hydrogen) atoms. The Hall–Kier alpha value is -2.36. The van der Waals surface area contributed by atoms with E-state index >= 15 is 0 Å². The van der Waals surface area contributed by atoms with Crippen molar-refractivity contribution in [3.8, 4) is 5.75 Å². The minimum Gasteiger partial charge on any atom is -0.490 e. The van der Waals surface area contributed by atoms with Crippen LogP contribution in [0.2, 0.25) is 0 Å². The fourth-order valence-electron chi connectivity index (χ4n) is 4.85. The summed E-state index contributed by atoms with van der Waals surface area (Å²) in [6.07, 6.45) is 6.63. The van der Waals surface area contributed by atoms with Gasteiger partial charge in [0.1, 0.15) is 5.75 Å². The van der Waals surface area contributed by atoms with Gasteiger partial charge in [0.2, 0.25) is 5.91 Å². The molecule has 142 valence electrons. The van der Waals surface area contributed by atoms with Crippen molar-refractivity contribution in [2.75, 3.05) is 0 Å². The summed E-state index contributed by atoms with van der Waals surface area (Å²) in [5.74, 6) is 1.51. The molecule has 1 N–H and O–H groups in total. The lowest BCUT2D eigenvalue weighted by atomic mass is 9.90. The number of rotatable bonds is 5. The molecule has 4 heteroatoms. The highest BCUT2D eigenvalue weighted by Crippen LogP contribution is 2.66. The maximum absolute atomic E-state index is 12.6. The van der Waals surface area contributed by atoms with Gasteiger partial charge in [-0.3, -0.25) is 4.79 Å². The molecule has 1 amide bonds. The zero-order chi connectivity index (χ0) is 19.0. The van der Waals surface area contributed by atoms with E-state index in [0.717, 1.165) is 28.5 Å². The number of amides is 1. The molecule has 3 atom stereocenters. The summed E-state index contributed by atoms with van der Waals surface area (Å²) in [6.45, 7) is 6.27. The van der Waals surface area contributed by atoms with E-state index in [0.29, 0.717) is 5.92 Å². The Balaban J connectivity index is 1.54. The standard InChI is InChI=1S/C23H28N2O2/c1-15(2)27-20-12-11-16-8-4-5-9-17(16)18(20)14-24-25-22(26)21-19-10-6-7-13-23(19,21)3/h4-5,8-9,11-12,14-15,19,21H,6-7,10,13H2,1-3H3,(H,25,26)/b24-14-/t19-,21-,23+/m1/s1. The van der Waals surface area contributed by atoms with Gasteiger partial charge in [0.05, 0.1) is 12.3 Å². The summed E-state index contributed by atoms with van der Waals surface area (Å²) in [5, 5.41) is 6.50. The van der Waals surface area contributed by atoms with Crippen LogP contribution < -0.4 is 10.2 Å². The highest BCUT2D eigenvalue weighted by molar-refractivity contribution is 6.02. The predicted molar refractivity (Wildman–Crippen MR) is 109 cm³/mol. The fourth-order valence-corrected chi connectivity index (χ4v) is 4.85. The van der Waals surface area contributed by atoms with Gasteiger partial charge in [-0.15, -0.1) is 0 Å². The topological polar surface area (TPSA) is 50.7 Å². The lowest BCUT2D eigenvalue weighted by Crippen LogP contribution is -2.22. The number of hydrogen-bond acceptors (Lipinski definition) is 3. The first-order valence-electron chi connectivity index (χ1n) is 10.0. The van der Waals surface area contributed by atoms with E-state index in [1.165, 1.54) is 19.3 Å². The molecule has 0 bridgehead atoms. The number of fused-ring (bicyclic) bond motifs is 2. The van der Waals surface area contributed by atoms with Gasteiger partial charge in [-0.1, -0.05) is 50.1 Å². The molecular formula is C23H28N2O2. The predicted octanol–water partition coefficient (Wildman–Crippen LogP) is 4.90. The molecule has 2 aromatic carbocycles. The van der Waals surface area contributed by atoms with Gasteiger partial charge in [-0.2, -0.15) is 5.10 Å². The second-order valence-electron chi connectivity index (χ2n) is 8.44. The number of ether oxygens (including phenoxy) is 1. The summed E-state index contributed by atoms with van der Waals surface area (Å²) in [6, 6.07) is 12.2. The van der Waals surface area contributed by atoms with E-state index in [-0.39, 0.29) is 23.3 Å². The maximum atomic E-state index is 12.6. The molecular weight excluding hydrogens is 336 g/mol. The number of carbonyl (C=O) groups is 1. The third-order valence-corrected chi connectivity index (χ3v) is 6.28. The minimum absolute atomic E-state index is 0.0622. The van der Waals surface area contributed by atoms with Crippen molar-refractivity contribution in [2.45, 2.75) is 52.6 Å². The van der Waals surface area contributed by atoms with Gasteiger partial charge in [0, 0.05) is 11.5 Å². The summed E-state index contributed by atoms with van der Waals surface area (Å²) >= 11 is 0. The van der Waals surface area contributed by atoms with Crippen LogP contribution in [0.3, 0.4) is 0 Å². The largest absolute Gasteiger partial charge is 0.490 e. The van der Waals surface area contributed by atoms with Gasteiger partial charge < -0.3 is 4.74 Å². The van der Waals surface area contributed by atoms with Gasteiger partial charge in [0.15, 0.2) is 0 Å². The Labute approximate surface area is 161 Å². The van der Waals surface area contributed by atoms with Crippen LogP contribution in [0.15, 0.2) is 41.5 Å². The lowest BCUT2D eigenvalue weighted by molar-refractivity contribution is -0.123. The molecule has 0 spiro atoms. The van der Waals surface area contributed by atoms with Crippen molar-refractivity contribution in [3.05, 3.63) is 42.0 Å². The molecule has 2 aromatic rings. The second-order valence-corrected chi connectivity index (χ2v) is 8.44. The number of hydrogen-bond donors (Lipinski definition) is 1. The van der Waals surface area contributed by atoms with E-state index in [2.05, 4.69) is 35.7 Å². The van der Waals surface area contributed by atoms with Crippen LogP contribution in [0.4, 0.5) is 0 Å². The highest BCUT2D eigenvalue weighted by atomic mass is 16.5. The Morgan fingerprint density at radius 1 is 1.26 bits per heavy atom. The molecule has 0 aliphatic heterocycles. The van der Waals surface area contributed by atoms with Crippen LogP contribution in [0.1, 0.15) is 52.0 Å². The van der Waals surface area contributed by atoms with Gasteiger partial charge in [-0.05, 0) is 54.9 Å². The van der Waals surface area contributed by atoms with Crippen molar-refractivity contribution in [1.82, 2.24) is 5.43 Å². The van der Waals surface area contributed by atoms with E-state index < -0.39 is 0 Å². The molecule has 0 saturated heterocycles. The third kappa shape index (κ3) is 3.33. The SMILES string of the molecule is CC(C)Oc1ccc2ccccc2c1/C=N\NC(=O)[C@H]1[C@H]2CCCC[C@@]21C. The van der Waals surface area contributed by atoms with E-state index in [9.17, 15) is 4.79 Å². The Bertz CT molecular complexity index is 889. The molecule has 0 heterocycles. The molecule has 2 saturated carbocycles. The smallest absolute Gasteiger partial charge is 0.244 e. The first-order chi connectivity index (χ1) is 13.0. The van der Waals surface area contributed by atoms with E-state index in [1.54, 1.807) is 6.21 Å². The summed E-state index contributed by atoms with van der Waals surface area (Å²) < 4.78 is 5.96.